The Morgan fingerprint density at radius 1 is 1.32 bits per heavy atom. The first kappa shape index (κ1) is 13.8. The number of ether oxygens (including phenoxy) is 1. The van der Waals surface area contributed by atoms with Gasteiger partial charge in [-0.1, -0.05) is 6.92 Å². The number of methoxy groups -OCH3 is 1. The minimum atomic E-state index is 0.360. The van der Waals surface area contributed by atoms with Crippen LogP contribution in [-0.4, -0.2) is 17.1 Å². The van der Waals surface area contributed by atoms with Gasteiger partial charge in [-0.25, -0.2) is 9.97 Å². The molecule has 0 aliphatic heterocycles. The fourth-order valence-electron chi connectivity index (χ4n) is 1.69. The van der Waals surface area contributed by atoms with Gasteiger partial charge in [-0.05, 0) is 18.6 Å². The smallest absolute Gasteiger partial charge is 0.158 e. The van der Waals surface area contributed by atoms with Crippen molar-refractivity contribution in [2.45, 2.75) is 26.5 Å². The molecule has 3 N–H and O–H groups in total. The van der Waals surface area contributed by atoms with Crippen LogP contribution in [0.5, 0.6) is 0 Å². The van der Waals surface area contributed by atoms with Crippen molar-refractivity contribution in [1.29, 1.82) is 0 Å². The molecule has 0 unspecified atom stereocenters. The Hall–Kier alpha value is -1.66. The summed E-state index contributed by atoms with van der Waals surface area (Å²) < 4.78 is 5.01. The number of rotatable bonds is 6. The summed E-state index contributed by atoms with van der Waals surface area (Å²) in [6.07, 6.45) is 1.07. The van der Waals surface area contributed by atoms with E-state index in [-0.39, 0.29) is 0 Å². The Bertz CT molecular complexity index is 541. The van der Waals surface area contributed by atoms with Crippen molar-refractivity contribution >= 4 is 23.0 Å². The van der Waals surface area contributed by atoms with Crippen LogP contribution in [0.4, 0.5) is 11.6 Å². The van der Waals surface area contributed by atoms with Crippen LogP contribution in [0, 0.1) is 0 Å². The molecule has 0 aromatic carbocycles. The second-order valence-corrected chi connectivity index (χ2v) is 5.36. The van der Waals surface area contributed by atoms with Crippen molar-refractivity contribution in [3.05, 3.63) is 33.8 Å². The molecule has 0 atom stereocenters. The van der Waals surface area contributed by atoms with Crippen LogP contribution in [0.15, 0.2) is 18.2 Å². The van der Waals surface area contributed by atoms with Crippen LogP contribution in [0.3, 0.4) is 0 Å². The molecule has 0 spiro atoms. The van der Waals surface area contributed by atoms with Crippen LogP contribution in [0.2, 0.25) is 0 Å². The van der Waals surface area contributed by atoms with E-state index in [0.717, 1.165) is 18.8 Å². The fourth-order valence-corrected chi connectivity index (χ4v) is 2.58. The number of nitrogens with one attached hydrogen (secondary N) is 1. The predicted octanol–water partition coefficient (Wildman–Crippen LogP) is 2.44. The van der Waals surface area contributed by atoms with Gasteiger partial charge in [0, 0.05) is 22.9 Å². The van der Waals surface area contributed by atoms with Crippen LogP contribution in [-0.2, 0) is 24.3 Å². The maximum atomic E-state index is 5.74. The van der Waals surface area contributed by atoms with Crippen molar-refractivity contribution < 1.29 is 4.74 Å². The lowest BCUT2D eigenvalue weighted by molar-refractivity contribution is 0.178. The summed E-state index contributed by atoms with van der Waals surface area (Å²) in [5.74, 6) is 1.77. The average molecular weight is 278 g/mol. The minimum Gasteiger partial charge on any atom is -0.384 e. The van der Waals surface area contributed by atoms with E-state index in [1.165, 1.54) is 9.75 Å². The zero-order chi connectivity index (χ0) is 13.7. The molecule has 0 saturated heterocycles. The Labute approximate surface area is 116 Å². The van der Waals surface area contributed by atoms with Gasteiger partial charge in [-0.3, -0.25) is 0 Å². The van der Waals surface area contributed by atoms with Crippen LogP contribution in [0.25, 0.3) is 0 Å². The molecule has 0 aliphatic rings. The molecular weight excluding hydrogens is 260 g/mol. The Kier molecular flexibility index (Phi) is 4.70. The second kappa shape index (κ2) is 6.49. The quantitative estimate of drug-likeness (QED) is 0.849. The zero-order valence-corrected chi connectivity index (χ0v) is 12.0. The van der Waals surface area contributed by atoms with Crippen molar-refractivity contribution in [2.75, 3.05) is 18.2 Å². The van der Waals surface area contributed by atoms with Gasteiger partial charge in [0.1, 0.15) is 18.2 Å². The molecule has 0 aliphatic carbocycles. The molecule has 19 heavy (non-hydrogen) atoms. The maximum Gasteiger partial charge on any atom is 0.158 e. The summed E-state index contributed by atoms with van der Waals surface area (Å²) in [6, 6.07) is 6.02. The third-order valence-corrected chi connectivity index (χ3v) is 3.80. The van der Waals surface area contributed by atoms with Gasteiger partial charge in [0.25, 0.3) is 0 Å². The van der Waals surface area contributed by atoms with E-state index in [0.29, 0.717) is 18.2 Å². The maximum absolute atomic E-state index is 5.74. The lowest BCUT2D eigenvalue weighted by Crippen LogP contribution is -2.06. The number of aromatic nitrogens is 2. The molecule has 5 nitrogen and oxygen atoms in total. The number of aryl methyl sites for hydroxylation is 1. The van der Waals surface area contributed by atoms with Gasteiger partial charge in [0.2, 0.25) is 0 Å². The van der Waals surface area contributed by atoms with Crippen molar-refractivity contribution in [1.82, 2.24) is 9.97 Å². The summed E-state index contributed by atoms with van der Waals surface area (Å²) in [5.41, 5.74) is 5.74. The van der Waals surface area contributed by atoms with E-state index >= 15 is 0 Å². The van der Waals surface area contributed by atoms with Gasteiger partial charge in [-0.15, -0.1) is 11.3 Å². The fraction of sp³-hybridized carbons (Fsp3) is 0.385. The van der Waals surface area contributed by atoms with Crippen LogP contribution in [0.1, 0.15) is 22.5 Å². The molecule has 6 heteroatoms. The largest absolute Gasteiger partial charge is 0.384 e. The molecule has 0 bridgehead atoms. The summed E-state index contributed by atoms with van der Waals surface area (Å²) in [4.78, 5) is 11.1. The third-order valence-electron chi connectivity index (χ3n) is 2.58. The number of anilines is 2. The van der Waals surface area contributed by atoms with Crippen molar-refractivity contribution in [3.8, 4) is 0 Å². The first-order valence-corrected chi connectivity index (χ1v) is 6.96. The Balaban J connectivity index is 2.02. The number of hydrogen-bond acceptors (Lipinski definition) is 6. The number of nitrogens with zero attached hydrogens (tertiary/aromatic N) is 2. The van der Waals surface area contributed by atoms with Gasteiger partial charge >= 0.3 is 0 Å². The molecular formula is C13H18N4OS. The molecule has 0 amide bonds. The van der Waals surface area contributed by atoms with E-state index < -0.39 is 0 Å². The SMILES string of the molecule is CCc1ccc(CNc2cc(N)nc(COC)n2)s1. The number of nitrogens with two attached hydrogens (primary N) is 1. The average Bonchev–Trinajstić information content (AvgIpc) is 2.84. The lowest BCUT2D eigenvalue weighted by Gasteiger charge is -2.07. The van der Waals surface area contributed by atoms with Gasteiger partial charge in [0.15, 0.2) is 5.82 Å². The molecule has 102 valence electrons. The standard InChI is InChI=1S/C13H18N4OS/c1-3-9-4-5-10(19-9)7-15-12-6-11(14)16-13(17-12)8-18-2/h4-6H,3,7-8H2,1-2H3,(H3,14,15,16,17). The molecule has 0 fully saturated rings. The third kappa shape index (κ3) is 3.90. The zero-order valence-electron chi connectivity index (χ0n) is 11.1. The molecule has 0 radical (unpaired) electrons. The number of hydrogen-bond donors (Lipinski definition) is 2. The summed E-state index contributed by atoms with van der Waals surface area (Å²) >= 11 is 1.81. The summed E-state index contributed by atoms with van der Waals surface area (Å²) in [5, 5.41) is 3.26. The van der Waals surface area contributed by atoms with E-state index in [9.17, 15) is 0 Å². The van der Waals surface area contributed by atoms with Crippen molar-refractivity contribution in [3.63, 3.8) is 0 Å². The van der Waals surface area contributed by atoms with Gasteiger partial charge in [-0.2, -0.15) is 0 Å². The van der Waals surface area contributed by atoms with E-state index in [1.54, 1.807) is 13.2 Å². The highest BCUT2D eigenvalue weighted by Gasteiger charge is 2.03. The first-order valence-electron chi connectivity index (χ1n) is 6.15. The van der Waals surface area contributed by atoms with Crippen LogP contribution < -0.4 is 11.1 Å². The number of nitrogen functional groups attached to an aromatic ring is 1. The topological polar surface area (TPSA) is 73.1 Å². The molecule has 0 saturated carbocycles. The number of thiophene rings is 1. The first-order chi connectivity index (χ1) is 9.21. The predicted molar refractivity (Wildman–Crippen MR) is 78.2 cm³/mol. The Morgan fingerprint density at radius 2 is 2.11 bits per heavy atom. The molecule has 2 rings (SSSR count). The van der Waals surface area contributed by atoms with E-state index in [1.807, 2.05) is 11.3 Å². The van der Waals surface area contributed by atoms with E-state index in [2.05, 4.69) is 34.3 Å². The molecule has 2 heterocycles. The summed E-state index contributed by atoms with van der Waals surface area (Å²) in [7, 11) is 1.61. The summed E-state index contributed by atoms with van der Waals surface area (Å²) in [6.45, 7) is 3.26. The van der Waals surface area contributed by atoms with Gasteiger partial charge < -0.3 is 15.8 Å². The highest BCUT2D eigenvalue weighted by atomic mass is 32.1. The molecule has 2 aromatic heterocycles. The highest BCUT2D eigenvalue weighted by Crippen LogP contribution is 2.18. The van der Waals surface area contributed by atoms with Crippen molar-refractivity contribution in [2.24, 2.45) is 0 Å². The van der Waals surface area contributed by atoms with Crippen LogP contribution >= 0.6 is 11.3 Å². The molecule has 2 aromatic rings. The monoisotopic (exact) mass is 278 g/mol. The minimum absolute atomic E-state index is 0.360. The Morgan fingerprint density at radius 3 is 2.79 bits per heavy atom. The van der Waals surface area contributed by atoms with Gasteiger partial charge in [0.05, 0.1) is 6.54 Å². The second-order valence-electron chi connectivity index (χ2n) is 4.10. The normalized spacial score (nSPS) is 10.6. The van der Waals surface area contributed by atoms with E-state index in [4.69, 9.17) is 10.5 Å². The lowest BCUT2D eigenvalue weighted by atomic mass is 10.3. The highest BCUT2D eigenvalue weighted by molar-refractivity contribution is 7.12.